The molecule has 1 amide bonds. The van der Waals surface area contributed by atoms with E-state index in [0.717, 1.165) is 29.6 Å². The molecule has 0 unspecified atom stereocenters. The highest BCUT2D eigenvalue weighted by Gasteiger charge is 2.19. The van der Waals surface area contributed by atoms with Gasteiger partial charge in [0.05, 0.1) is 11.3 Å². The molecule has 5 nitrogen and oxygen atoms in total. The summed E-state index contributed by atoms with van der Waals surface area (Å²) in [5.41, 5.74) is 1.72. The van der Waals surface area contributed by atoms with Crippen LogP contribution in [-0.4, -0.2) is 23.1 Å². The molecule has 7 heteroatoms. The molecule has 1 aromatic heterocycles. The van der Waals surface area contributed by atoms with Gasteiger partial charge in [0.15, 0.2) is 6.61 Å². The van der Waals surface area contributed by atoms with Crippen LogP contribution in [0.4, 0.5) is 14.5 Å². The number of esters is 1. The lowest BCUT2D eigenvalue weighted by atomic mass is 10.2. The number of anilines is 1. The molecular formula is C18H20F2N2O3. The molecule has 2 aromatic rings. The maximum absolute atomic E-state index is 13.5. The number of aromatic nitrogens is 1. The van der Waals surface area contributed by atoms with Crippen molar-refractivity contribution in [2.24, 2.45) is 0 Å². The Hall–Kier alpha value is -2.70. The van der Waals surface area contributed by atoms with Gasteiger partial charge < -0.3 is 14.6 Å². The fraction of sp³-hybridized carbons (Fsp3) is 0.333. The van der Waals surface area contributed by atoms with Crippen molar-refractivity contribution in [2.75, 3.05) is 11.9 Å². The Morgan fingerprint density at radius 3 is 2.48 bits per heavy atom. The number of benzene rings is 1. The van der Waals surface area contributed by atoms with Crippen LogP contribution in [0.1, 0.15) is 41.6 Å². The summed E-state index contributed by atoms with van der Waals surface area (Å²) in [5.74, 6) is -2.86. The second-order valence-electron chi connectivity index (χ2n) is 6.00. The van der Waals surface area contributed by atoms with Crippen LogP contribution in [0, 0.1) is 25.5 Å². The summed E-state index contributed by atoms with van der Waals surface area (Å²) in [5, 5.41) is 2.17. The van der Waals surface area contributed by atoms with E-state index in [1.165, 1.54) is 0 Å². The van der Waals surface area contributed by atoms with E-state index in [-0.39, 0.29) is 11.7 Å². The first-order chi connectivity index (χ1) is 11.7. The molecule has 0 atom stereocenters. The monoisotopic (exact) mass is 350 g/mol. The van der Waals surface area contributed by atoms with Gasteiger partial charge in [0.1, 0.15) is 11.6 Å². The third kappa shape index (κ3) is 4.23. The number of ether oxygens (including phenoxy) is 1. The lowest BCUT2D eigenvalue weighted by molar-refractivity contribution is -0.119. The summed E-state index contributed by atoms with van der Waals surface area (Å²) in [6, 6.07) is 4.57. The maximum Gasteiger partial charge on any atom is 0.340 e. The Balaban J connectivity index is 2.01. The van der Waals surface area contributed by atoms with E-state index in [0.29, 0.717) is 5.56 Å². The molecule has 0 saturated carbocycles. The molecule has 0 spiro atoms. The van der Waals surface area contributed by atoms with Crippen LogP contribution in [-0.2, 0) is 9.53 Å². The third-order valence-corrected chi connectivity index (χ3v) is 3.76. The molecule has 0 radical (unpaired) electrons. The number of nitrogens with one attached hydrogen (secondary N) is 1. The van der Waals surface area contributed by atoms with Gasteiger partial charge in [-0.05, 0) is 45.9 Å². The summed E-state index contributed by atoms with van der Waals surface area (Å²) in [6.45, 7) is 7.07. The molecule has 0 bridgehead atoms. The van der Waals surface area contributed by atoms with Gasteiger partial charge in [0.2, 0.25) is 0 Å². The number of carbonyl (C=O) groups excluding carboxylic acids is 2. The number of nitrogens with zero attached hydrogens (tertiary/aromatic N) is 1. The van der Waals surface area contributed by atoms with Gasteiger partial charge in [0, 0.05) is 23.5 Å². The summed E-state index contributed by atoms with van der Waals surface area (Å²) in [4.78, 5) is 24.0. The lowest BCUT2D eigenvalue weighted by Crippen LogP contribution is -2.21. The smallest absolute Gasteiger partial charge is 0.340 e. The van der Waals surface area contributed by atoms with Gasteiger partial charge in [-0.2, -0.15) is 0 Å². The molecular weight excluding hydrogens is 330 g/mol. The van der Waals surface area contributed by atoms with Crippen LogP contribution in [0.15, 0.2) is 24.3 Å². The minimum Gasteiger partial charge on any atom is -0.452 e. The number of aryl methyl sites for hydroxylation is 1. The second-order valence-corrected chi connectivity index (χ2v) is 6.00. The summed E-state index contributed by atoms with van der Waals surface area (Å²) in [6.07, 6.45) is 0. The van der Waals surface area contributed by atoms with Crippen LogP contribution in [0.2, 0.25) is 0 Å². The Morgan fingerprint density at radius 2 is 1.88 bits per heavy atom. The Morgan fingerprint density at radius 1 is 1.20 bits per heavy atom. The van der Waals surface area contributed by atoms with Gasteiger partial charge in [0.25, 0.3) is 5.91 Å². The predicted molar refractivity (Wildman–Crippen MR) is 89.6 cm³/mol. The number of hydrogen-bond donors (Lipinski definition) is 1. The molecule has 1 aromatic carbocycles. The van der Waals surface area contributed by atoms with Crippen molar-refractivity contribution in [3.05, 3.63) is 52.9 Å². The minimum atomic E-state index is -0.776. The number of halogens is 2. The average Bonchev–Trinajstić information content (AvgIpc) is 2.83. The van der Waals surface area contributed by atoms with Crippen LogP contribution in [0.3, 0.4) is 0 Å². The van der Waals surface area contributed by atoms with Crippen LogP contribution in [0.25, 0.3) is 0 Å². The zero-order valence-electron chi connectivity index (χ0n) is 14.5. The summed E-state index contributed by atoms with van der Waals surface area (Å²) >= 11 is 0. The first-order valence-electron chi connectivity index (χ1n) is 7.81. The molecule has 2 rings (SSSR count). The standard InChI is InChI=1S/C18H20F2N2O3/c1-10(2)22-11(3)7-14(12(22)4)18(24)25-9-17(23)21-16-8-13(19)5-6-15(16)20/h5-8,10H,9H2,1-4H3,(H,21,23). The van der Waals surface area contributed by atoms with E-state index in [2.05, 4.69) is 5.32 Å². The molecule has 1 N–H and O–H groups in total. The highest BCUT2D eigenvalue weighted by Crippen LogP contribution is 2.21. The first-order valence-corrected chi connectivity index (χ1v) is 7.81. The number of hydrogen-bond acceptors (Lipinski definition) is 3. The fourth-order valence-electron chi connectivity index (χ4n) is 2.77. The highest BCUT2D eigenvalue weighted by atomic mass is 19.1. The van der Waals surface area contributed by atoms with Crippen LogP contribution >= 0.6 is 0 Å². The normalized spacial score (nSPS) is 10.8. The Labute approximate surface area is 144 Å². The molecule has 0 aliphatic heterocycles. The Bertz CT molecular complexity index is 813. The SMILES string of the molecule is Cc1cc(C(=O)OCC(=O)Nc2cc(F)ccc2F)c(C)n1C(C)C. The number of amides is 1. The maximum atomic E-state index is 13.5. The molecule has 0 fully saturated rings. The van der Waals surface area contributed by atoms with E-state index >= 15 is 0 Å². The Kier molecular flexibility index (Phi) is 5.56. The minimum absolute atomic E-state index is 0.181. The summed E-state index contributed by atoms with van der Waals surface area (Å²) in [7, 11) is 0. The zero-order valence-corrected chi connectivity index (χ0v) is 14.5. The number of carbonyl (C=O) groups is 2. The van der Waals surface area contributed by atoms with Gasteiger partial charge in [-0.3, -0.25) is 4.79 Å². The van der Waals surface area contributed by atoms with E-state index in [9.17, 15) is 18.4 Å². The predicted octanol–water partition coefficient (Wildman–Crippen LogP) is 3.76. The average molecular weight is 350 g/mol. The van der Waals surface area contributed by atoms with Crippen LogP contribution < -0.4 is 5.32 Å². The first kappa shape index (κ1) is 18.6. The zero-order chi connectivity index (χ0) is 18.7. The van der Waals surface area contributed by atoms with Crippen molar-refractivity contribution in [3.63, 3.8) is 0 Å². The fourth-order valence-corrected chi connectivity index (χ4v) is 2.77. The van der Waals surface area contributed by atoms with Crippen molar-refractivity contribution in [2.45, 2.75) is 33.7 Å². The van der Waals surface area contributed by atoms with Crippen molar-refractivity contribution in [1.82, 2.24) is 4.57 Å². The van der Waals surface area contributed by atoms with E-state index in [1.54, 1.807) is 13.0 Å². The van der Waals surface area contributed by atoms with Crippen molar-refractivity contribution in [3.8, 4) is 0 Å². The quantitative estimate of drug-likeness (QED) is 0.835. The largest absolute Gasteiger partial charge is 0.452 e. The van der Waals surface area contributed by atoms with E-state index in [4.69, 9.17) is 4.74 Å². The molecule has 1 heterocycles. The molecule has 25 heavy (non-hydrogen) atoms. The van der Waals surface area contributed by atoms with Crippen molar-refractivity contribution in [1.29, 1.82) is 0 Å². The van der Waals surface area contributed by atoms with Gasteiger partial charge in [-0.25, -0.2) is 13.6 Å². The highest BCUT2D eigenvalue weighted by molar-refractivity contribution is 5.96. The molecule has 0 saturated heterocycles. The second kappa shape index (κ2) is 7.46. The molecule has 0 aliphatic rings. The van der Waals surface area contributed by atoms with Crippen LogP contribution in [0.5, 0.6) is 0 Å². The van der Waals surface area contributed by atoms with E-state index < -0.39 is 30.1 Å². The van der Waals surface area contributed by atoms with Crippen molar-refractivity contribution >= 4 is 17.6 Å². The molecule has 134 valence electrons. The third-order valence-electron chi connectivity index (χ3n) is 3.76. The summed E-state index contributed by atoms with van der Waals surface area (Å²) < 4.78 is 33.5. The van der Waals surface area contributed by atoms with Gasteiger partial charge in [-0.15, -0.1) is 0 Å². The van der Waals surface area contributed by atoms with Gasteiger partial charge in [-0.1, -0.05) is 0 Å². The lowest BCUT2D eigenvalue weighted by Gasteiger charge is -2.13. The molecule has 0 aliphatic carbocycles. The van der Waals surface area contributed by atoms with Gasteiger partial charge >= 0.3 is 5.97 Å². The van der Waals surface area contributed by atoms with Crippen molar-refractivity contribution < 1.29 is 23.1 Å². The topological polar surface area (TPSA) is 60.3 Å². The van der Waals surface area contributed by atoms with E-state index in [1.807, 2.05) is 25.3 Å². The number of rotatable bonds is 5.